The van der Waals surface area contributed by atoms with Crippen LogP contribution >= 0.6 is 0 Å². The maximum absolute atomic E-state index is 12.3. The van der Waals surface area contributed by atoms with Crippen LogP contribution in [0, 0.1) is 0 Å². The minimum Gasteiger partial charge on any atom is -0.384 e. The molecule has 0 radical (unpaired) electrons. The minimum atomic E-state index is -0.0980. The van der Waals surface area contributed by atoms with Crippen LogP contribution in [0.5, 0.6) is 0 Å². The molecule has 3 N–H and O–H groups in total. The number of nitrogen functional groups attached to an aromatic ring is 1. The largest absolute Gasteiger partial charge is 0.384 e. The van der Waals surface area contributed by atoms with Gasteiger partial charge in [-0.05, 0) is 35.4 Å². The molecule has 1 heterocycles. The predicted octanol–water partition coefficient (Wildman–Crippen LogP) is 3.26. The molecular formula is C19H17N3O. The normalized spacial score (nSPS) is 10.3. The number of benzene rings is 2. The number of hydrogen-bond donors (Lipinski definition) is 2. The maximum atomic E-state index is 12.3. The molecule has 2 aromatic carbocycles. The molecule has 0 saturated carbocycles. The lowest BCUT2D eigenvalue weighted by Gasteiger charge is -2.07. The molecule has 1 aromatic heterocycles. The molecule has 0 unspecified atom stereocenters. The third kappa shape index (κ3) is 3.74. The fourth-order valence-corrected chi connectivity index (χ4v) is 2.30. The van der Waals surface area contributed by atoms with Crippen LogP contribution in [0.2, 0.25) is 0 Å². The fourth-order valence-electron chi connectivity index (χ4n) is 2.30. The summed E-state index contributed by atoms with van der Waals surface area (Å²) >= 11 is 0. The maximum Gasteiger partial charge on any atom is 0.251 e. The minimum absolute atomic E-state index is 0.0980. The third-order valence-corrected chi connectivity index (χ3v) is 3.54. The number of nitrogens with two attached hydrogens (primary N) is 1. The summed E-state index contributed by atoms with van der Waals surface area (Å²) in [5.41, 5.74) is 9.16. The van der Waals surface area contributed by atoms with Crippen LogP contribution in [0.3, 0.4) is 0 Å². The van der Waals surface area contributed by atoms with Gasteiger partial charge in [0.15, 0.2) is 0 Å². The lowest BCUT2D eigenvalue weighted by Crippen LogP contribution is -2.22. The summed E-state index contributed by atoms with van der Waals surface area (Å²) in [5.74, 6) is 0.379. The van der Waals surface area contributed by atoms with Gasteiger partial charge >= 0.3 is 0 Å². The van der Waals surface area contributed by atoms with Crippen molar-refractivity contribution in [2.24, 2.45) is 0 Å². The quantitative estimate of drug-likeness (QED) is 0.777. The fraction of sp³-hybridized carbons (Fsp3) is 0.0526. The van der Waals surface area contributed by atoms with Gasteiger partial charge in [-0.3, -0.25) is 4.79 Å². The van der Waals surface area contributed by atoms with Crippen LogP contribution in [-0.4, -0.2) is 10.9 Å². The Kier molecular flexibility index (Phi) is 4.34. The van der Waals surface area contributed by atoms with Gasteiger partial charge in [0.1, 0.15) is 5.82 Å². The van der Waals surface area contributed by atoms with Crippen molar-refractivity contribution in [3.8, 4) is 11.1 Å². The molecule has 1 amide bonds. The topological polar surface area (TPSA) is 68.0 Å². The number of aromatic nitrogens is 1. The monoisotopic (exact) mass is 303 g/mol. The standard InChI is InChI=1S/C19H17N3O/c20-18-10-9-17(13-21-18)15-7-4-8-16(11-15)19(23)22-12-14-5-2-1-3-6-14/h1-11,13H,12H2,(H2,20,21)(H,22,23). The van der Waals surface area contributed by atoms with E-state index >= 15 is 0 Å². The van der Waals surface area contributed by atoms with Crippen molar-refractivity contribution in [2.75, 3.05) is 5.73 Å². The Morgan fingerprint density at radius 3 is 2.52 bits per heavy atom. The number of rotatable bonds is 4. The second-order valence-corrected chi connectivity index (χ2v) is 5.22. The molecular weight excluding hydrogens is 286 g/mol. The highest BCUT2D eigenvalue weighted by Crippen LogP contribution is 2.20. The lowest BCUT2D eigenvalue weighted by atomic mass is 10.0. The summed E-state index contributed by atoms with van der Waals surface area (Å²) in [5, 5.41) is 2.93. The van der Waals surface area contributed by atoms with E-state index < -0.39 is 0 Å². The number of nitrogens with one attached hydrogen (secondary N) is 1. The van der Waals surface area contributed by atoms with Gasteiger partial charge < -0.3 is 11.1 Å². The highest BCUT2D eigenvalue weighted by Gasteiger charge is 2.07. The molecule has 0 aliphatic carbocycles. The molecule has 3 aromatic rings. The molecule has 0 aliphatic rings. The predicted molar refractivity (Wildman–Crippen MR) is 91.7 cm³/mol. The first-order valence-electron chi connectivity index (χ1n) is 7.36. The number of carbonyl (C=O) groups is 1. The lowest BCUT2D eigenvalue weighted by molar-refractivity contribution is 0.0951. The molecule has 3 rings (SSSR count). The Morgan fingerprint density at radius 1 is 0.957 bits per heavy atom. The zero-order valence-corrected chi connectivity index (χ0v) is 12.6. The molecule has 0 fully saturated rings. The molecule has 23 heavy (non-hydrogen) atoms. The van der Waals surface area contributed by atoms with Gasteiger partial charge in [-0.25, -0.2) is 4.98 Å². The van der Waals surface area contributed by atoms with Gasteiger partial charge in [-0.2, -0.15) is 0 Å². The van der Waals surface area contributed by atoms with Crippen molar-refractivity contribution in [3.63, 3.8) is 0 Å². The van der Waals surface area contributed by atoms with E-state index in [1.807, 2.05) is 54.6 Å². The van der Waals surface area contributed by atoms with Crippen molar-refractivity contribution in [1.29, 1.82) is 0 Å². The summed E-state index contributed by atoms with van der Waals surface area (Å²) in [7, 11) is 0. The zero-order valence-electron chi connectivity index (χ0n) is 12.6. The average Bonchev–Trinajstić information content (AvgIpc) is 2.61. The molecule has 0 aliphatic heterocycles. The second-order valence-electron chi connectivity index (χ2n) is 5.22. The Morgan fingerprint density at radius 2 is 1.78 bits per heavy atom. The van der Waals surface area contributed by atoms with Crippen LogP contribution in [0.25, 0.3) is 11.1 Å². The number of carbonyl (C=O) groups excluding carboxylic acids is 1. The van der Waals surface area contributed by atoms with Crippen molar-refractivity contribution in [3.05, 3.63) is 84.1 Å². The van der Waals surface area contributed by atoms with Crippen LogP contribution in [0.15, 0.2) is 72.9 Å². The first-order valence-corrected chi connectivity index (χ1v) is 7.36. The van der Waals surface area contributed by atoms with Crippen LogP contribution in [0.4, 0.5) is 5.82 Å². The van der Waals surface area contributed by atoms with E-state index in [1.54, 1.807) is 18.3 Å². The smallest absolute Gasteiger partial charge is 0.251 e. The third-order valence-electron chi connectivity index (χ3n) is 3.54. The summed E-state index contributed by atoms with van der Waals surface area (Å²) in [6, 6.07) is 20.9. The molecule has 0 atom stereocenters. The summed E-state index contributed by atoms with van der Waals surface area (Å²) in [6.07, 6.45) is 1.70. The van der Waals surface area contributed by atoms with E-state index in [9.17, 15) is 4.79 Å². The van der Waals surface area contributed by atoms with Crippen molar-refractivity contribution in [1.82, 2.24) is 10.3 Å². The number of nitrogens with zero attached hydrogens (tertiary/aromatic N) is 1. The van der Waals surface area contributed by atoms with Gasteiger partial charge in [0, 0.05) is 23.9 Å². The molecule has 114 valence electrons. The van der Waals surface area contributed by atoms with Crippen LogP contribution in [0.1, 0.15) is 15.9 Å². The van der Waals surface area contributed by atoms with Gasteiger partial charge in [0.2, 0.25) is 0 Å². The number of hydrogen-bond acceptors (Lipinski definition) is 3. The number of amides is 1. The summed E-state index contributed by atoms with van der Waals surface area (Å²) in [4.78, 5) is 16.4. The molecule has 4 nitrogen and oxygen atoms in total. The molecule has 0 saturated heterocycles. The van der Waals surface area contributed by atoms with Crippen molar-refractivity contribution < 1.29 is 4.79 Å². The molecule has 4 heteroatoms. The van der Waals surface area contributed by atoms with Gasteiger partial charge in [-0.15, -0.1) is 0 Å². The Balaban J connectivity index is 1.74. The molecule has 0 bridgehead atoms. The van der Waals surface area contributed by atoms with Crippen LogP contribution < -0.4 is 11.1 Å². The van der Waals surface area contributed by atoms with E-state index in [4.69, 9.17) is 5.73 Å². The Bertz CT molecular complexity index is 798. The number of anilines is 1. The Hall–Kier alpha value is -3.14. The second kappa shape index (κ2) is 6.75. The Labute approximate surface area is 135 Å². The summed E-state index contributed by atoms with van der Waals surface area (Å²) in [6.45, 7) is 0.507. The van der Waals surface area contributed by atoms with Crippen LogP contribution in [-0.2, 0) is 6.54 Å². The highest BCUT2D eigenvalue weighted by molar-refractivity contribution is 5.95. The highest BCUT2D eigenvalue weighted by atomic mass is 16.1. The van der Waals surface area contributed by atoms with Crippen molar-refractivity contribution in [2.45, 2.75) is 6.54 Å². The van der Waals surface area contributed by atoms with E-state index in [0.29, 0.717) is 17.9 Å². The van der Waals surface area contributed by atoms with Gasteiger partial charge in [0.05, 0.1) is 0 Å². The number of pyridine rings is 1. The van der Waals surface area contributed by atoms with E-state index in [1.165, 1.54) is 0 Å². The average molecular weight is 303 g/mol. The molecule has 0 spiro atoms. The first-order chi connectivity index (χ1) is 11.2. The van der Waals surface area contributed by atoms with E-state index in [-0.39, 0.29) is 5.91 Å². The van der Waals surface area contributed by atoms with E-state index in [0.717, 1.165) is 16.7 Å². The SMILES string of the molecule is Nc1ccc(-c2cccc(C(=O)NCc3ccccc3)c2)cn1. The summed E-state index contributed by atoms with van der Waals surface area (Å²) < 4.78 is 0. The van der Waals surface area contributed by atoms with Gasteiger partial charge in [0.25, 0.3) is 5.91 Å². The first kappa shape index (κ1) is 14.8. The van der Waals surface area contributed by atoms with Crippen molar-refractivity contribution >= 4 is 11.7 Å². The zero-order chi connectivity index (χ0) is 16.1. The van der Waals surface area contributed by atoms with Gasteiger partial charge in [-0.1, -0.05) is 42.5 Å². The van der Waals surface area contributed by atoms with E-state index in [2.05, 4.69) is 10.3 Å².